The van der Waals surface area contributed by atoms with Crippen LogP contribution in [0.15, 0.2) is 41.3 Å². The van der Waals surface area contributed by atoms with Crippen molar-refractivity contribution in [3.05, 3.63) is 42.0 Å². The molecule has 112 valence electrons. The fourth-order valence-corrected chi connectivity index (χ4v) is 3.06. The van der Waals surface area contributed by atoms with E-state index in [0.717, 1.165) is 30.6 Å². The quantitative estimate of drug-likeness (QED) is 0.592. The lowest BCUT2D eigenvalue weighted by Crippen LogP contribution is -2.28. The van der Waals surface area contributed by atoms with Crippen molar-refractivity contribution in [2.24, 2.45) is 0 Å². The van der Waals surface area contributed by atoms with E-state index in [1.54, 1.807) is 19.2 Å². The third kappa shape index (κ3) is 4.74. The normalized spacial score (nSPS) is 11.8. The highest BCUT2D eigenvalue weighted by atomic mass is 32.2. The van der Waals surface area contributed by atoms with Gasteiger partial charge in [0.05, 0.1) is 4.90 Å². The van der Waals surface area contributed by atoms with Crippen molar-refractivity contribution in [2.45, 2.75) is 31.7 Å². The Hall–Kier alpha value is -1.17. The standard InChI is InChI=1S/C15H24N2O2S/c1-5-10-16-11-14-6-8-15(9-7-14)20(18,19)17(4)12-13(2)3/h6-9,16H,2,5,10-12H2,1,3-4H3. The molecule has 1 rings (SSSR count). The second kappa shape index (κ2) is 7.57. The molecule has 0 aliphatic carbocycles. The van der Waals surface area contributed by atoms with Crippen molar-refractivity contribution in [3.63, 3.8) is 0 Å². The van der Waals surface area contributed by atoms with Crippen LogP contribution in [0.5, 0.6) is 0 Å². The van der Waals surface area contributed by atoms with E-state index in [4.69, 9.17) is 0 Å². The Morgan fingerprint density at radius 1 is 1.30 bits per heavy atom. The van der Waals surface area contributed by atoms with Gasteiger partial charge in [0.15, 0.2) is 0 Å². The monoisotopic (exact) mass is 296 g/mol. The molecule has 0 saturated heterocycles. The van der Waals surface area contributed by atoms with Crippen molar-refractivity contribution < 1.29 is 8.42 Å². The molecule has 5 heteroatoms. The maximum Gasteiger partial charge on any atom is 0.243 e. The Bertz CT molecular complexity index is 535. The lowest BCUT2D eigenvalue weighted by atomic mass is 10.2. The van der Waals surface area contributed by atoms with Crippen molar-refractivity contribution in [2.75, 3.05) is 20.1 Å². The molecule has 0 heterocycles. The third-order valence-corrected chi connectivity index (χ3v) is 4.70. The number of hydrogen-bond acceptors (Lipinski definition) is 3. The number of nitrogens with one attached hydrogen (secondary N) is 1. The second-order valence-electron chi connectivity index (χ2n) is 5.04. The number of benzene rings is 1. The zero-order valence-corrected chi connectivity index (χ0v) is 13.3. The lowest BCUT2D eigenvalue weighted by molar-refractivity contribution is 0.493. The Kier molecular flexibility index (Phi) is 6.39. The number of rotatable bonds is 8. The van der Waals surface area contributed by atoms with E-state index >= 15 is 0 Å². The predicted molar refractivity (Wildman–Crippen MR) is 83.1 cm³/mol. The first-order valence-corrected chi connectivity index (χ1v) is 8.22. The second-order valence-corrected chi connectivity index (χ2v) is 7.08. The van der Waals surface area contributed by atoms with Gasteiger partial charge in [-0.05, 0) is 37.6 Å². The molecule has 1 aromatic carbocycles. The largest absolute Gasteiger partial charge is 0.313 e. The first kappa shape index (κ1) is 16.9. The van der Waals surface area contributed by atoms with Gasteiger partial charge in [0.1, 0.15) is 0 Å². The van der Waals surface area contributed by atoms with Gasteiger partial charge in [-0.3, -0.25) is 0 Å². The van der Waals surface area contributed by atoms with Crippen LogP contribution in [-0.4, -0.2) is 32.9 Å². The van der Waals surface area contributed by atoms with E-state index in [-0.39, 0.29) is 0 Å². The summed E-state index contributed by atoms with van der Waals surface area (Å²) in [4.78, 5) is 0.320. The van der Waals surface area contributed by atoms with Gasteiger partial charge in [-0.15, -0.1) is 0 Å². The minimum atomic E-state index is -3.42. The maximum absolute atomic E-state index is 12.3. The molecule has 0 bridgehead atoms. The van der Waals surface area contributed by atoms with Crippen molar-refractivity contribution in [1.82, 2.24) is 9.62 Å². The summed E-state index contributed by atoms with van der Waals surface area (Å²) in [7, 11) is -1.85. The summed E-state index contributed by atoms with van der Waals surface area (Å²) in [6, 6.07) is 7.02. The van der Waals surface area contributed by atoms with E-state index in [0.29, 0.717) is 11.4 Å². The van der Waals surface area contributed by atoms with Crippen LogP contribution < -0.4 is 5.32 Å². The summed E-state index contributed by atoms with van der Waals surface area (Å²) in [5.41, 5.74) is 1.90. The van der Waals surface area contributed by atoms with Crippen LogP contribution in [0.2, 0.25) is 0 Å². The van der Waals surface area contributed by atoms with Crippen LogP contribution in [0.1, 0.15) is 25.8 Å². The van der Waals surface area contributed by atoms with Gasteiger partial charge in [-0.25, -0.2) is 8.42 Å². The minimum absolute atomic E-state index is 0.320. The fraction of sp³-hybridized carbons (Fsp3) is 0.467. The van der Waals surface area contributed by atoms with Gasteiger partial charge in [-0.2, -0.15) is 4.31 Å². The molecule has 4 nitrogen and oxygen atoms in total. The third-order valence-electron chi connectivity index (χ3n) is 2.88. The molecule has 0 radical (unpaired) electrons. The first-order chi connectivity index (χ1) is 9.37. The van der Waals surface area contributed by atoms with E-state index in [9.17, 15) is 8.42 Å². The topological polar surface area (TPSA) is 49.4 Å². The minimum Gasteiger partial charge on any atom is -0.313 e. The molecule has 0 aliphatic rings. The summed E-state index contributed by atoms with van der Waals surface area (Å²) < 4.78 is 25.9. The van der Waals surface area contributed by atoms with Gasteiger partial charge in [0.25, 0.3) is 0 Å². The highest BCUT2D eigenvalue weighted by Crippen LogP contribution is 2.16. The van der Waals surface area contributed by atoms with Gasteiger partial charge < -0.3 is 5.32 Å². The zero-order valence-electron chi connectivity index (χ0n) is 12.5. The van der Waals surface area contributed by atoms with E-state index < -0.39 is 10.0 Å². The van der Waals surface area contributed by atoms with Crippen LogP contribution in [0.4, 0.5) is 0 Å². The molecule has 0 spiro atoms. The van der Waals surface area contributed by atoms with Crippen LogP contribution in [0.25, 0.3) is 0 Å². The Balaban J connectivity index is 2.79. The molecule has 0 fully saturated rings. The molecule has 0 saturated carbocycles. The summed E-state index contributed by atoms with van der Waals surface area (Å²) in [6.07, 6.45) is 1.08. The molecule has 0 aliphatic heterocycles. The highest BCUT2D eigenvalue weighted by Gasteiger charge is 2.20. The van der Waals surface area contributed by atoms with Gasteiger partial charge in [0.2, 0.25) is 10.0 Å². The van der Waals surface area contributed by atoms with E-state index in [2.05, 4.69) is 18.8 Å². The number of hydrogen-bond donors (Lipinski definition) is 1. The molecular weight excluding hydrogens is 272 g/mol. The van der Waals surface area contributed by atoms with Crippen LogP contribution in [0.3, 0.4) is 0 Å². The van der Waals surface area contributed by atoms with Gasteiger partial charge in [-0.1, -0.05) is 31.2 Å². The van der Waals surface area contributed by atoms with Crippen LogP contribution in [-0.2, 0) is 16.6 Å². The van der Waals surface area contributed by atoms with Crippen LogP contribution >= 0.6 is 0 Å². The summed E-state index contributed by atoms with van der Waals surface area (Å²) in [6.45, 7) is 9.72. The van der Waals surface area contributed by atoms with E-state index in [1.807, 2.05) is 19.1 Å². The molecule has 1 aromatic rings. The number of likely N-dealkylation sites (N-methyl/N-ethyl adjacent to an activating group) is 1. The van der Waals surface area contributed by atoms with Gasteiger partial charge >= 0.3 is 0 Å². The zero-order chi connectivity index (χ0) is 15.2. The lowest BCUT2D eigenvalue weighted by Gasteiger charge is -2.17. The molecule has 0 unspecified atom stereocenters. The number of sulfonamides is 1. The van der Waals surface area contributed by atoms with Crippen molar-refractivity contribution in [1.29, 1.82) is 0 Å². The smallest absolute Gasteiger partial charge is 0.243 e. The fourth-order valence-electron chi connectivity index (χ4n) is 1.83. The molecule has 1 N–H and O–H groups in total. The van der Waals surface area contributed by atoms with Crippen molar-refractivity contribution in [3.8, 4) is 0 Å². The average Bonchev–Trinajstić information content (AvgIpc) is 2.39. The Morgan fingerprint density at radius 2 is 1.90 bits per heavy atom. The molecule has 0 atom stereocenters. The molecular formula is C15H24N2O2S. The summed E-state index contributed by atoms with van der Waals surface area (Å²) in [5, 5.41) is 3.29. The van der Waals surface area contributed by atoms with E-state index in [1.165, 1.54) is 4.31 Å². The first-order valence-electron chi connectivity index (χ1n) is 6.78. The molecule has 0 aromatic heterocycles. The number of nitrogens with zero attached hydrogens (tertiary/aromatic N) is 1. The van der Waals surface area contributed by atoms with Crippen molar-refractivity contribution >= 4 is 10.0 Å². The average molecular weight is 296 g/mol. The molecule has 0 amide bonds. The Morgan fingerprint density at radius 3 is 2.40 bits per heavy atom. The van der Waals surface area contributed by atoms with Gasteiger partial charge in [0, 0.05) is 20.1 Å². The summed E-state index contributed by atoms with van der Waals surface area (Å²) in [5.74, 6) is 0. The summed E-state index contributed by atoms with van der Waals surface area (Å²) >= 11 is 0. The molecule has 20 heavy (non-hydrogen) atoms. The van der Waals surface area contributed by atoms with Crippen LogP contribution in [0, 0.1) is 0 Å². The predicted octanol–water partition coefficient (Wildman–Crippen LogP) is 2.38. The Labute approximate surface area is 122 Å². The SMILES string of the molecule is C=C(C)CN(C)S(=O)(=O)c1ccc(CNCCC)cc1. The maximum atomic E-state index is 12.3. The highest BCUT2D eigenvalue weighted by molar-refractivity contribution is 7.89.